The van der Waals surface area contributed by atoms with Crippen molar-refractivity contribution in [2.45, 2.75) is 12.3 Å². The van der Waals surface area contributed by atoms with Crippen LogP contribution in [0.1, 0.15) is 17.9 Å². The lowest BCUT2D eigenvalue weighted by Gasteiger charge is -2.06. The average Bonchev–Trinajstić information content (AvgIpc) is 2.53. The van der Waals surface area contributed by atoms with Gasteiger partial charge in [-0.3, -0.25) is 4.79 Å². The Kier molecular flexibility index (Phi) is 1.93. The molecule has 0 aliphatic carbocycles. The van der Waals surface area contributed by atoms with Gasteiger partial charge in [0.2, 0.25) is 5.91 Å². The summed E-state index contributed by atoms with van der Waals surface area (Å²) in [5.74, 6) is 0.646. The maximum Gasteiger partial charge on any atom is 0.220 e. The Morgan fingerprint density at radius 2 is 2.00 bits per heavy atom. The highest BCUT2D eigenvalue weighted by molar-refractivity contribution is 5.79. The van der Waals surface area contributed by atoms with Crippen LogP contribution < -0.4 is 5.32 Å². The van der Waals surface area contributed by atoms with Crippen LogP contribution in [0.3, 0.4) is 0 Å². The van der Waals surface area contributed by atoms with E-state index in [9.17, 15) is 4.79 Å². The van der Waals surface area contributed by atoms with E-state index in [0.717, 1.165) is 5.56 Å². The highest BCUT2D eigenvalue weighted by Crippen LogP contribution is 2.24. The number of carbonyl (C=O) groups excluding carboxylic acids is 1. The molecule has 2 rings (SSSR count). The summed E-state index contributed by atoms with van der Waals surface area (Å²) in [7, 11) is 0. The molecule has 2 N–H and O–H groups in total. The molecule has 1 amide bonds. The van der Waals surface area contributed by atoms with Crippen LogP contribution >= 0.6 is 0 Å². The number of carbonyl (C=O) groups is 1. The molecule has 3 nitrogen and oxygen atoms in total. The summed E-state index contributed by atoms with van der Waals surface area (Å²) in [6.07, 6.45) is 0.560. The molecule has 0 spiro atoms. The van der Waals surface area contributed by atoms with Gasteiger partial charge in [-0.05, 0) is 17.7 Å². The summed E-state index contributed by atoms with van der Waals surface area (Å²) in [5, 5.41) is 11.9. The fourth-order valence-corrected chi connectivity index (χ4v) is 1.59. The number of benzene rings is 1. The summed E-state index contributed by atoms with van der Waals surface area (Å²) in [5.41, 5.74) is 1.11. The van der Waals surface area contributed by atoms with Gasteiger partial charge in [0.15, 0.2) is 0 Å². The predicted octanol–water partition coefficient (Wildman–Crippen LogP) is 0.996. The lowest BCUT2D eigenvalue weighted by molar-refractivity contribution is -0.119. The van der Waals surface area contributed by atoms with Crippen molar-refractivity contribution >= 4 is 5.91 Å². The Morgan fingerprint density at radius 3 is 2.54 bits per heavy atom. The normalized spacial score (nSPS) is 21.5. The third kappa shape index (κ3) is 1.64. The smallest absolute Gasteiger partial charge is 0.220 e. The second kappa shape index (κ2) is 3.09. The minimum atomic E-state index is 0.109. The molecule has 0 unspecified atom stereocenters. The van der Waals surface area contributed by atoms with Crippen molar-refractivity contribution in [1.82, 2.24) is 5.32 Å². The summed E-state index contributed by atoms with van der Waals surface area (Å²) in [4.78, 5) is 10.9. The molecule has 1 aliphatic rings. The molecule has 0 radical (unpaired) electrons. The van der Waals surface area contributed by atoms with Crippen molar-refractivity contribution < 1.29 is 9.90 Å². The van der Waals surface area contributed by atoms with Crippen LogP contribution in [0.4, 0.5) is 0 Å². The minimum absolute atomic E-state index is 0.109. The van der Waals surface area contributed by atoms with Crippen LogP contribution in [0.5, 0.6) is 5.75 Å². The zero-order valence-electron chi connectivity index (χ0n) is 7.16. The number of amides is 1. The van der Waals surface area contributed by atoms with E-state index in [2.05, 4.69) is 5.32 Å². The Bertz CT molecular complexity index is 318. The lowest BCUT2D eigenvalue weighted by Crippen LogP contribution is -2.13. The molecule has 1 aliphatic heterocycles. The Labute approximate surface area is 76.4 Å². The van der Waals surface area contributed by atoms with Crippen molar-refractivity contribution in [2.24, 2.45) is 0 Å². The number of phenols is 1. The molecule has 1 aromatic carbocycles. The molecule has 1 fully saturated rings. The maximum atomic E-state index is 10.9. The van der Waals surface area contributed by atoms with E-state index in [1.54, 1.807) is 12.1 Å². The molecule has 0 bridgehead atoms. The Hall–Kier alpha value is -1.51. The zero-order valence-corrected chi connectivity index (χ0v) is 7.16. The summed E-state index contributed by atoms with van der Waals surface area (Å²) >= 11 is 0. The number of hydrogen-bond donors (Lipinski definition) is 2. The minimum Gasteiger partial charge on any atom is -0.508 e. The van der Waals surface area contributed by atoms with Gasteiger partial charge in [0, 0.05) is 18.9 Å². The molecule has 3 heteroatoms. The highest BCUT2D eigenvalue weighted by atomic mass is 16.3. The van der Waals surface area contributed by atoms with Gasteiger partial charge in [0.05, 0.1) is 0 Å². The van der Waals surface area contributed by atoms with Crippen LogP contribution in [-0.2, 0) is 4.79 Å². The first-order valence-corrected chi connectivity index (χ1v) is 4.31. The fraction of sp³-hybridized carbons (Fsp3) is 0.300. The lowest BCUT2D eigenvalue weighted by atomic mass is 9.98. The van der Waals surface area contributed by atoms with Crippen molar-refractivity contribution in [2.75, 3.05) is 6.54 Å². The van der Waals surface area contributed by atoms with Gasteiger partial charge >= 0.3 is 0 Å². The van der Waals surface area contributed by atoms with Gasteiger partial charge < -0.3 is 10.4 Å². The average molecular weight is 177 g/mol. The van der Waals surface area contributed by atoms with Gasteiger partial charge in [-0.15, -0.1) is 0 Å². The molecule has 0 saturated carbocycles. The molecular formula is C10H11NO2. The third-order valence-electron chi connectivity index (χ3n) is 2.34. The second-order valence-corrected chi connectivity index (χ2v) is 3.30. The zero-order chi connectivity index (χ0) is 9.26. The maximum absolute atomic E-state index is 10.9. The highest BCUT2D eigenvalue weighted by Gasteiger charge is 2.22. The molecule has 1 aromatic rings. The summed E-state index contributed by atoms with van der Waals surface area (Å²) < 4.78 is 0. The molecule has 13 heavy (non-hydrogen) atoms. The summed E-state index contributed by atoms with van der Waals surface area (Å²) in [6, 6.07) is 7.02. The number of phenolic OH excluding ortho intramolecular Hbond substituents is 1. The van der Waals surface area contributed by atoms with E-state index in [1.807, 2.05) is 12.1 Å². The van der Waals surface area contributed by atoms with Crippen LogP contribution in [0.2, 0.25) is 0 Å². The largest absolute Gasteiger partial charge is 0.508 e. The quantitative estimate of drug-likeness (QED) is 0.672. The first-order chi connectivity index (χ1) is 6.25. The van der Waals surface area contributed by atoms with Gasteiger partial charge in [-0.2, -0.15) is 0 Å². The van der Waals surface area contributed by atoms with E-state index >= 15 is 0 Å². The molecule has 0 aromatic heterocycles. The van der Waals surface area contributed by atoms with E-state index < -0.39 is 0 Å². The Morgan fingerprint density at radius 1 is 1.31 bits per heavy atom. The van der Waals surface area contributed by atoms with E-state index in [-0.39, 0.29) is 17.6 Å². The number of hydrogen-bond acceptors (Lipinski definition) is 2. The first-order valence-electron chi connectivity index (χ1n) is 4.31. The first kappa shape index (κ1) is 8.10. The van der Waals surface area contributed by atoms with Gasteiger partial charge in [-0.1, -0.05) is 12.1 Å². The molecular weight excluding hydrogens is 166 g/mol. The van der Waals surface area contributed by atoms with E-state index in [4.69, 9.17) is 5.11 Å². The predicted molar refractivity (Wildman–Crippen MR) is 48.5 cm³/mol. The van der Waals surface area contributed by atoms with Crippen molar-refractivity contribution in [3.05, 3.63) is 29.8 Å². The monoisotopic (exact) mass is 177 g/mol. The third-order valence-corrected chi connectivity index (χ3v) is 2.34. The van der Waals surface area contributed by atoms with Crippen molar-refractivity contribution in [3.63, 3.8) is 0 Å². The van der Waals surface area contributed by atoms with E-state index in [1.165, 1.54) is 0 Å². The van der Waals surface area contributed by atoms with Crippen LogP contribution in [-0.4, -0.2) is 17.6 Å². The standard InChI is InChI=1S/C10H11NO2/c12-9-3-1-7(2-4-9)8-5-10(13)11-6-8/h1-4,8,12H,5-6H2,(H,11,13)/t8-/m0/s1. The molecule has 1 atom stereocenters. The molecule has 1 heterocycles. The summed E-state index contributed by atoms with van der Waals surface area (Å²) in [6.45, 7) is 0.712. The van der Waals surface area contributed by atoms with Gasteiger partial charge in [0.25, 0.3) is 0 Å². The van der Waals surface area contributed by atoms with Crippen LogP contribution in [0, 0.1) is 0 Å². The number of rotatable bonds is 1. The fourth-order valence-electron chi connectivity index (χ4n) is 1.59. The van der Waals surface area contributed by atoms with Crippen molar-refractivity contribution in [3.8, 4) is 5.75 Å². The van der Waals surface area contributed by atoms with E-state index in [0.29, 0.717) is 13.0 Å². The topological polar surface area (TPSA) is 49.3 Å². The molecule has 1 saturated heterocycles. The number of aromatic hydroxyl groups is 1. The van der Waals surface area contributed by atoms with Crippen LogP contribution in [0.15, 0.2) is 24.3 Å². The molecule has 68 valence electrons. The number of nitrogens with one attached hydrogen (secondary N) is 1. The van der Waals surface area contributed by atoms with Gasteiger partial charge in [-0.25, -0.2) is 0 Å². The van der Waals surface area contributed by atoms with Crippen LogP contribution in [0.25, 0.3) is 0 Å². The van der Waals surface area contributed by atoms with Gasteiger partial charge in [0.1, 0.15) is 5.75 Å². The second-order valence-electron chi connectivity index (χ2n) is 3.30. The Balaban J connectivity index is 2.17. The SMILES string of the molecule is O=C1C[C@H](c2ccc(O)cc2)CN1. The van der Waals surface area contributed by atoms with Crippen molar-refractivity contribution in [1.29, 1.82) is 0 Å².